The van der Waals surface area contributed by atoms with Crippen LogP contribution in [0.15, 0.2) is 36.5 Å². The molecular formula is C25H38N2O. The summed E-state index contributed by atoms with van der Waals surface area (Å²) >= 11 is 0. The van der Waals surface area contributed by atoms with Crippen LogP contribution in [0, 0.1) is 0 Å². The number of unbranched alkanes of at least 4 members (excludes halogenated alkanes) is 5. The standard InChI is InChI=1S/C17H20N2O.C8H18/c1-3-20-17-9-7-15(12-18-17)13-6-8-16-14(11-13)5-4-10-19(16)2;1-3-5-7-8-6-4-2/h6-9,11-12H,3-5,10H2,1-2H3;3-8H2,1-2H3. The van der Waals surface area contributed by atoms with Gasteiger partial charge >= 0.3 is 0 Å². The van der Waals surface area contributed by atoms with Crippen molar-refractivity contribution < 1.29 is 4.74 Å². The highest BCUT2D eigenvalue weighted by Gasteiger charge is 2.14. The molecule has 0 amide bonds. The molecule has 0 saturated carbocycles. The third-order valence-electron chi connectivity index (χ3n) is 5.25. The number of fused-ring (bicyclic) bond motifs is 1. The Balaban J connectivity index is 0.000000300. The Morgan fingerprint density at radius 1 is 0.929 bits per heavy atom. The van der Waals surface area contributed by atoms with Crippen LogP contribution in [0.4, 0.5) is 5.69 Å². The summed E-state index contributed by atoms with van der Waals surface area (Å²) in [6, 6.07) is 10.7. The summed E-state index contributed by atoms with van der Waals surface area (Å²) < 4.78 is 5.38. The van der Waals surface area contributed by atoms with Crippen LogP contribution in [0.5, 0.6) is 5.88 Å². The van der Waals surface area contributed by atoms with Crippen molar-refractivity contribution in [3.8, 4) is 17.0 Å². The van der Waals surface area contributed by atoms with Crippen LogP contribution in [-0.2, 0) is 6.42 Å². The molecule has 2 heterocycles. The molecule has 3 nitrogen and oxygen atoms in total. The highest BCUT2D eigenvalue weighted by molar-refractivity contribution is 5.69. The fourth-order valence-corrected chi connectivity index (χ4v) is 3.60. The first kappa shape index (κ1) is 22.3. The van der Waals surface area contributed by atoms with Crippen LogP contribution in [0.25, 0.3) is 11.1 Å². The van der Waals surface area contributed by atoms with Gasteiger partial charge in [-0.25, -0.2) is 4.98 Å². The largest absolute Gasteiger partial charge is 0.478 e. The van der Waals surface area contributed by atoms with Gasteiger partial charge in [0.25, 0.3) is 0 Å². The molecule has 1 aromatic carbocycles. The van der Waals surface area contributed by atoms with E-state index in [0.717, 1.165) is 18.5 Å². The maximum absolute atomic E-state index is 5.38. The van der Waals surface area contributed by atoms with Crippen LogP contribution >= 0.6 is 0 Å². The van der Waals surface area contributed by atoms with Crippen LogP contribution in [0.1, 0.15) is 71.3 Å². The van der Waals surface area contributed by atoms with Gasteiger partial charge in [0, 0.05) is 37.1 Å². The summed E-state index contributed by atoms with van der Waals surface area (Å²) in [6.45, 7) is 8.28. The van der Waals surface area contributed by atoms with Gasteiger partial charge < -0.3 is 9.64 Å². The van der Waals surface area contributed by atoms with Gasteiger partial charge in [-0.3, -0.25) is 0 Å². The highest BCUT2D eigenvalue weighted by atomic mass is 16.5. The fraction of sp³-hybridized carbons (Fsp3) is 0.560. The first-order valence-corrected chi connectivity index (χ1v) is 11.1. The lowest BCUT2D eigenvalue weighted by Gasteiger charge is -2.27. The maximum atomic E-state index is 5.38. The molecular weight excluding hydrogens is 344 g/mol. The second-order valence-electron chi connectivity index (χ2n) is 7.60. The average Bonchev–Trinajstić information content (AvgIpc) is 2.73. The summed E-state index contributed by atoms with van der Waals surface area (Å²) in [7, 11) is 2.16. The van der Waals surface area contributed by atoms with Crippen molar-refractivity contribution >= 4 is 5.69 Å². The number of rotatable bonds is 8. The molecule has 3 heteroatoms. The minimum atomic E-state index is 0.650. The van der Waals surface area contributed by atoms with Crippen molar-refractivity contribution in [2.24, 2.45) is 0 Å². The molecule has 0 unspecified atom stereocenters. The molecule has 0 radical (unpaired) electrons. The molecule has 1 aliphatic heterocycles. The quantitative estimate of drug-likeness (QED) is 0.464. The van der Waals surface area contributed by atoms with Crippen molar-refractivity contribution in [1.29, 1.82) is 0 Å². The number of hydrogen-bond acceptors (Lipinski definition) is 3. The van der Waals surface area contributed by atoms with Crippen LogP contribution in [0.3, 0.4) is 0 Å². The third-order valence-corrected chi connectivity index (χ3v) is 5.25. The first-order chi connectivity index (χ1) is 13.7. The van der Waals surface area contributed by atoms with E-state index in [0.29, 0.717) is 12.5 Å². The van der Waals surface area contributed by atoms with Gasteiger partial charge in [-0.1, -0.05) is 58.4 Å². The van der Waals surface area contributed by atoms with Crippen molar-refractivity contribution in [3.63, 3.8) is 0 Å². The lowest BCUT2D eigenvalue weighted by atomic mass is 9.97. The van der Waals surface area contributed by atoms with Gasteiger partial charge in [0.15, 0.2) is 0 Å². The van der Waals surface area contributed by atoms with Gasteiger partial charge in [0.05, 0.1) is 6.61 Å². The van der Waals surface area contributed by atoms with E-state index < -0.39 is 0 Å². The zero-order chi connectivity index (χ0) is 20.2. The van der Waals surface area contributed by atoms with Crippen LogP contribution < -0.4 is 9.64 Å². The van der Waals surface area contributed by atoms with Crippen molar-refractivity contribution in [2.45, 2.75) is 72.1 Å². The summed E-state index contributed by atoms with van der Waals surface area (Å²) in [5, 5.41) is 0. The summed E-state index contributed by atoms with van der Waals surface area (Å²) in [6.07, 6.45) is 12.8. The molecule has 0 saturated heterocycles. The molecule has 0 fully saturated rings. The van der Waals surface area contributed by atoms with Gasteiger partial charge in [-0.15, -0.1) is 0 Å². The number of aromatic nitrogens is 1. The Labute approximate surface area is 172 Å². The van der Waals surface area contributed by atoms with E-state index in [1.165, 1.54) is 61.8 Å². The van der Waals surface area contributed by atoms with Crippen molar-refractivity contribution in [3.05, 3.63) is 42.1 Å². The van der Waals surface area contributed by atoms with E-state index in [2.05, 4.69) is 55.0 Å². The number of aryl methyl sites for hydroxylation is 1. The van der Waals surface area contributed by atoms with Crippen molar-refractivity contribution in [1.82, 2.24) is 4.98 Å². The maximum Gasteiger partial charge on any atom is 0.213 e. The number of anilines is 1. The lowest BCUT2D eigenvalue weighted by molar-refractivity contribution is 0.327. The molecule has 0 atom stereocenters. The Morgan fingerprint density at radius 3 is 2.25 bits per heavy atom. The van der Waals surface area contributed by atoms with E-state index >= 15 is 0 Å². The SMILES string of the molecule is CCCCCCCC.CCOc1ccc(-c2ccc3c(c2)CCCN3C)cn1. The topological polar surface area (TPSA) is 25.4 Å². The molecule has 0 aliphatic carbocycles. The Kier molecular flexibility index (Phi) is 9.88. The van der Waals surface area contributed by atoms with Gasteiger partial charge in [0.2, 0.25) is 5.88 Å². The molecule has 0 bridgehead atoms. The summed E-state index contributed by atoms with van der Waals surface area (Å²) in [5.74, 6) is 0.689. The first-order valence-electron chi connectivity index (χ1n) is 11.1. The summed E-state index contributed by atoms with van der Waals surface area (Å²) in [5.41, 5.74) is 5.17. The molecule has 1 aromatic heterocycles. The normalized spacial score (nSPS) is 12.8. The summed E-state index contributed by atoms with van der Waals surface area (Å²) in [4.78, 5) is 6.67. The second kappa shape index (κ2) is 12.4. The molecule has 1 aliphatic rings. The molecule has 2 aromatic rings. The lowest BCUT2D eigenvalue weighted by Crippen LogP contribution is -2.24. The van der Waals surface area contributed by atoms with E-state index in [-0.39, 0.29) is 0 Å². The van der Waals surface area contributed by atoms with Gasteiger partial charge in [0.1, 0.15) is 0 Å². The predicted molar refractivity (Wildman–Crippen MR) is 121 cm³/mol. The molecule has 0 N–H and O–H groups in total. The zero-order valence-corrected chi connectivity index (χ0v) is 18.3. The predicted octanol–water partition coefficient (Wildman–Crippen LogP) is 6.90. The minimum Gasteiger partial charge on any atom is -0.478 e. The number of ether oxygens (including phenoxy) is 1. The number of hydrogen-bond donors (Lipinski definition) is 0. The Hall–Kier alpha value is -2.03. The molecule has 0 spiro atoms. The van der Waals surface area contributed by atoms with E-state index in [1.807, 2.05) is 19.2 Å². The number of nitrogens with zero attached hydrogens (tertiary/aromatic N) is 2. The number of pyridine rings is 1. The van der Waals surface area contributed by atoms with Gasteiger partial charge in [-0.2, -0.15) is 0 Å². The molecule has 3 rings (SSSR count). The average molecular weight is 383 g/mol. The smallest absolute Gasteiger partial charge is 0.213 e. The van der Waals surface area contributed by atoms with Gasteiger partial charge in [-0.05, 0) is 49.1 Å². The monoisotopic (exact) mass is 382 g/mol. The van der Waals surface area contributed by atoms with Crippen molar-refractivity contribution in [2.75, 3.05) is 25.1 Å². The number of benzene rings is 1. The minimum absolute atomic E-state index is 0.650. The van der Waals surface area contributed by atoms with E-state index in [1.54, 1.807) is 0 Å². The second-order valence-corrected chi connectivity index (χ2v) is 7.60. The highest BCUT2D eigenvalue weighted by Crippen LogP contribution is 2.30. The Bertz CT molecular complexity index is 675. The molecule has 28 heavy (non-hydrogen) atoms. The van der Waals surface area contributed by atoms with Crippen LogP contribution in [0.2, 0.25) is 0 Å². The third kappa shape index (κ3) is 6.85. The fourth-order valence-electron chi connectivity index (χ4n) is 3.60. The zero-order valence-electron chi connectivity index (χ0n) is 18.3. The van der Waals surface area contributed by atoms with E-state index in [4.69, 9.17) is 4.74 Å². The Morgan fingerprint density at radius 2 is 1.64 bits per heavy atom. The van der Waals surface area contributed by atoms with Crippen LogP contribution in [-0.4, -0.2) is 25.2 Å². The van der Waals surface area contributed by atoms with E-state index in [9.17, 15) is 0 Å². The molecule has 154 valence electrons.